The molecule has 0 bridgehead atoms. The molecule has 4 heteroatoms. The van der Waals surface area contributed by atoms with Crippen molar-refractivity contribution >= 4 is 24.2 Å². The van der Waals surface area contributed by atoms with Gasteiger partial charge in [0.15, 0.2) is 0 Å². The zero-order valence-corrected chi connectivity index (χ0v) is 14.9. The van der Waals surface area contributed by atoms with Crippen molar-refractivity contribution in [2.45, 2.75) is 24.4 Å². The average Bonchev–Trinajstić information content (AvgIpc) is 2.59. The molecule has 0 atom stereocenters. The molecule has 1 N–H and O–H groups in total. The molecule has 0 aliphatic rings. The number of benzene rings is 2. The second-order valence-corrected chi connectivity index (χ2v) is 6.65. The average molecular weight is 355 g/mol. The van der Waals surface area contributed by atoms with Gasteiger partial charge in [0.2, 0.25) is 0 Å². The van der Waals surface area contributed by atoms with Crippen LogP contribution in [0.3, 0.4) is 0 Å². The Morgan fingerprint density at radius 2 is 1.79 bits per heavy atom. The van der Waals surface area contributed by atoms with Crippen LogP contribution in [0.4, 0.5) is 0 Å². The Hall–Kier alpha value is -1.81. The summed E-state index contributed by atoms with van der Waals surface area (Å²) in [6.45, 7) is 1.55. The van der Waals surface area contributed by atoms with Gasteiger partial charge in [-0.05, 0) is 52.9 Å². The number of thiol groups is 1. The molecule has 1 heterocycles. The molecule has 2 nitrogen and oxygen atoms in total. The van der Waals surface area contributed by atoms with E-state index in [1.54, 1.807) is 6.20 Å². The normalized spacial score (nSPS) is 10.8. The minimum absolute atomic E-state index is 0.766. The van der Waals surface area contributed by atoms with E-state index in [0.717, 1.165) is 29.4 Å². The first-order chi connectivity index (χ1) is 11.7. The van der Waals surface area contributed by atoms with Crippen LogP contribution in [0.15, 0.2) is 71.9 Å². The highest BCUT2D eigenvalue weighted by atomic mass is 35.5. The topological polar surface area (TPSA) is 24.9 Å². The van der Waals surface area contributed by atoms with E-state index in [1.807, 2.05) is 30.5 Å². The summed E-state index contributed by atoms with van der Waals surface area (Å²) in [6, 6.07) is 18.4. The minimum atomic E-state index is 0.766. The Bertz CT molecular complexity index is 806. The van der Waals surface area contributed by atoms with Crippen molar-refractivity contribution in [2.24, 2.45) is 0 Å². The molecule has 0 radical (unpaired) electrons. The lowest BCUT2D eigenvalue weighted by Gasteiger charge is -2.10. The fourth-order valence-electron chi connectivity index (χ4n) is 2.62. The molecule has 0 saturated heterocycles. The summed E-state index contributed by atoms with van der Waals surface area (Å²) in [7, 11) is 0. The van der Waals surface area contributed by atoms with Crippen molar-refractivity contribution in [3.63, 3.8) is 0 Å². The number of hydrogen-bond acceptors (Lipinski definition) is 3. The van der Waals surface area contributed by atoms with Gasteiger partial charge in [-0.25, -0.2) is 0 Å². The number of nitrogens with zero attached hydrogens (tertiary/aromatic N) is 1. The van der Waals surface area contributed by atoms with Crippen LogP contribution in [0.5, 0.6) is 0 Å². The highest BCUT2D eigenvalue weighted by Gasteiger charge is 2.03. The third-order valence-electron chi connectivity index (χ3n) is 3.81. The Morgan fingerprint density at radius 1 is 0.917 bits per heavy atom. The summed E-state index contributed by atoms with van der Waals surface area (Å²) < 4.78 is 0. The zero-order chi connectivity index (χ0) is 16.8. The summed E-state index contributed by atoms with van der Waals surface area (Å²) in [5, 5.41) is 4.22. The van der Waals surface area contributed by atoms with Gasteiger partial charge < -0.3 is 5.32 Å². The molecule has 0 aliphatic carbocycles. The van der Waals surface area contributed by atoms with Gasteiger partial charge in [0.05, 0.1) is 0 Å². The van der Waals surface area contributed by atoms with Crippen LogP contribution in [0, 0.1) is 0 Å². The molecule has 0 fully saturated rings. The summed E-state index contributed by atoms with van der Waals surface area (Å²) in [5.74, 6) is 0. The van der Waals surface area contributed by atoms with E-state index >= 15 is 0 Å². The molecule has 0 spiro atoms. The number of nitrogens with one attached hydrogen (secondary N) is 1. The van der Waals surface area contributed by atoms with Crippen molar-refractivity contribution in [3.8, 4) is 0 Å². The first kappa shape index (κ1) is 17.0. The molecule has 0 saturated carbocycles. The maximum Gasteiger partial charge on any atom is 0.0409 e. The van der Waals surface area contributed by atoms with Gasteiger partial charge in [-0.1, -0.05) is 41.9 Å². The largest absolute Gasteiger partial charge is 0.309 e. The van der Waals surface area contributed by atoms with Crippen LogP contribution < -0.4 is 5.32 Å². The first-order valence-electron chi connectivity index (χ1n) is 7.85. The fraction of sp³-hybridized carbons (Fsp3) is 0.150. The third-order valence-corrected chi connectivity index (χ3v) is 4.48. The second-order valence-electron chi connectivity index (χ2n) is 5.73. The van der Waals surface area contributed by atoms with Crippen molar-refractivity contribution in [1.82, 2.24) is 10.3 Å². The predicted octanol–water partition coefficient (Wildman–Crippen LogP) is 4.90. The maximum absolute atomic E-state index is 6.02. The molecule has 1 aromatic heterocycles. The smallest absolute Gasteiger partial charge is 0.0409 e. The monoisotopic (exact) mass is 354 g/mol. The molecule has 0 amide bonds. The van der Waals surface area contributed by atoms with E-state index in [-0.39, 0.29) is 0 Å². The molecule has 2 aromatic carbocycles. The van der Waals surface area contributed by atoms with Crippen LogP contribution in [0.2, 0.25) is 5.02 Å². The van der Waals surface area contributed by atoms with Crippen LogP contribution in [-0.4, -0.2) is 4.98 Å². The van der Waals surface area contributed by atoms with Gasteiger partial charge >= 0.3 is 0 Å². The summed E-state index contributed by atoms with van der Waals surface area (Å²) in [4.78, 5) is 5.18. The van der Waals surface area contributed by atoms with Gasteiger partial charge in [-0.15, -0.1) is 12.6 Å². The molecule has 0 unspecified atom stereocenters. The van der Waals surface area contributed by atoms with Gasteiger partial charge in [-0.3, -0.25) is 4.98 Å². The molecule has 3 rings (SSSR count). The molecular weight excluding hydrogens is 336 g/mol. The van der Waals surface area contributed by atoms with Crippen LogP contribution in [-0.2, 0) is 19.5 Å². The van der Waals surface area contributed by atoms with Gasteiger partial charge in [0.25, 0.3) is 0 Å². The SMILES string of the molecule is Sc1ccc(Cc2cccnc2)cc1CNCc1cccc(Cl)c1. The van der Waals surface area contributed by atoms with E-state index in [2.05, 4.69) is 53.3 Å². The number of rotatable bonds is 6. The number of pyridine rings is 1. The number of halogens is 1. The van der Waals surface area contributed by atoms with Crippen molar-refractivity contribution < 1.29 is 0 Å². The van der Waals surface area contributed by atoms with Gasteiger partial charge in [-0.2, -0.15) is 0 Å². The Kier molecular flexibility index (Phi) is 5.91. The van der Waals surface area contributed by atoms with Crippen molar-refractivity contribution in [3.05, 3.63) is 94.3 Å². The Balaban J connectivity index is 1.63. The lowest BCUT2D eigenvalue weighted by atomic mass is 10.0. The first-order valence-corrected chi connectivity index (χ1v) is 8.68. The van der Waals surface area contributed by atoms with E-state index < -0.39 is 0 Å². The molecule has 0 aliphatic heterocycles. The summed E-state index contributed by atoms with van der Waals surface area (Å²) in [5.41, 5.74) is 4.85. The quantitative estimate of drug-likeness (QED) is 0.615. The zero-order valence-electron chi connectivity index (χ0n) is 13.2. The predicted molar refractivity (Wildman–Crippen MR) is 103 cm³/mol. The summed E-state index contributed by atoms with van der Waals surface area (Å²) in [6.07, 6.45) is 4.58. The van der Waals surface area contributed by atoms with E-state index in [1.165, 1.54) is 22.3 Å². The highest BCUT2D eigenvalue weighted by Crippen LogP contribution is 2.18. The van der Waals surface area contributed by atoms with Crippen molar-refractivity contribution in [2.75, 3.05) is 0 Å². The van der Waals surface area contributed by atoms with Crippen LogP contribution >= 0.6 is 24.2 Å². The fourth-order valence-corrected chi connectivity index (χ4v) is 3.05. The van der Waals surface area contributed by atoms with Gasteiger partial charge in [0.1, 0.15) is 0 Å². The van der Waals surface area contributed by atoms with Gasteiger partial charge in [0, 0.05) is 35.4 Å². The molecule has 3 aromatic rings. The Labute approximate surface area is 153 Å². The van der Waals surface area contributed by atoms with E-state index in [9.17, 15) is 0 Å². The van der Waals surface area contributed by atoms with E-state index in [4.69, 9.17) is 11.6 Å². The van der Waals surface area contributed by atoms with E-state index in [0.29, 0.717) is 0 Å². The Morgan fingerprint density at radius 3 is 2.58 bits per heavy atom. The van der Waals surface area contributed by atoms with Crippen molar-refractivity contribution in [1.29, 1.82) is 0 Å². The number of hydrogen-bond donors (Lipinski definition) is 2. The molecular formula is C20H19ClN2S. The lowest BCUT2D eigenvalue weighted by molar-refractivity contribution is 0.685. The third kappa shape index (κ3) is 4.84. The standard InChI is InChI=1S/C20H19ClN2S/c21-19-5-1-3-17(11-19)13-23-14-18-10-15(6-7-20(18)24)9-16-4-2-8-22-12-16/h1-8,10-12,23-24H,9,13-14H2. The number of aromatic nitrogens is 1. The summed E-state index contributed by atoms with van der Waals surface area (Å²) >= 11 is 10.6. The molecule has 24 heavy (non-hydrogen) atoms. The van der Waals surface area contributed by atoms with Crippen LogP contribution in [0.1, 0.15) is 22.3 Å². The maximum atomic E-state index is 6.02. The molecule has 122 valence electrons. The highest BCUT2D eigenvalue weighted by molar-refractivity contribution is 7.80. The second kappa shape index (κ2) is 8.34. The minimum Gasteiger partial charge on any atom is -0.309 e. The lowest BCUT2D eigenvalue weighted by Crippen LogP contribution is -2.13. The van der Waals surface area contributed by atoms with Crippen LogP contribution in [0.25, 0.3) is 0 Å².